The highest BCUT2D eigenvalue weighted by molar-refractivity contribution is 5.93. The van der Waals surface area contributed by atoms with E-state index in [0.717, 1.165) is 25.1 Å². The number of anilines is 2. The normalized spacial score (nSPS) is 13.9. The molecule has 20 heavy (non-hydrogen) atoms. The molecule has 1 aliphatic heterocycles. The predicted octanol–water partition coefficient (Wildman–Crippen LogP) is 2.76. The fourth-order valence-corrected chi connectivity index (χ4v) is 2.70. The number of benzene rings is 1. The Morgan fingerprint density at radius 3 is 2.85 bits per heavy atom. The maximum Gasteiger partial charge on any atom is 0.141 e. The molecule has 0 saturated carbocycles. The second-order valence-electron chi connectivity index (χ2n) is 5.20. The smallest absolute Gasteiger partial charge is 0.141 e. The van der Waals surface area contributed by atoms with Crippen LogP contribution in [0.3, 0.4) is 0 Å². The van der Waals surface area contributed by atoms with E-state index in [9.17, 15) is 0 Å². The highest BCUT2D eigenvalue weighted by Gasteiger charge is 2.18. The largest absolute Gasteiger partial charge is 0.382 e. The lowest BCUT2D eigenvalue weighted by Crippen LogP contribution is -2.25. The SMILES string of the molecule is Cc1ccc2c(c1)CCCN2c1ccc(C(=N)N)nc1. The van der Waals surface area contributed by atoms with Crippen LogP contribution in [0.15, 0.2) is 36.5 Å². The summed E-state index contributed by atoms with van der Waals surface area (Å²) < 4.78 is 0. The maximum absolute atomic E-state index is 7.39. The lowest BCUT2D eigenvalue weighted by atomic mass is 9.99. The average Bonchev–Trinajstić information content (AvgIpc) is 2.46. The summed E-state index contributed by atoms with van der Waals surface area (Å²) in [6.45, 7) is 3.12. The molecule has 0 atom stereocenters. The number of aromatic nitrogens is 1. The second kappa shape index (κ2) is 4.96. The first-order valence-corrected chi connectivity index (χ1v) is 6.82. The first kappa shape index (κ1) is 12.7. The van der Waals surface area contributed by atoms with Crippen LogP contribution in [-0.4, -0.2) is 17.4 Å². The van der Waals surface area contributed by atoms with Crippen LogP contribution < -0.4 is 10.6 Å². The van der Waals surface area contributed by atoms with Gasteiger partial charge in [-0.2, -0.15) is 0 Å². The van der Waals surface area contributed by atoms with E-state index in [1.165, 1.54) is 16.8 Å². The first-order valence-electron chi connectivity index (χ1n) is 6.82. The minimum absolute atomic E-state index is 0.00576. The van der Waals surface area contributed by atoms with Crippen molar-refractivity contribution in [3.63, 3.8) is 0 Å². The van der Waals surface area contributed by atoms with Crippen molar-refractivity contribution in [2.24, 2.45) is 5.73 Å². The van der Waals surface area contributed by atoms with E-state index in [2.05, 4.69) is 35.0 Å². The van der Waals surface area contributed by atoms with Crippen LogP contribution in [0, 0.1) is 12.3 Å². The van der Waals surface area contributed by atoms with Crippen molar-refractivity contribution < 1.29 is 0 Å². The fraction of sp³-hybridized carbons (Fsp3) is 0.250. The molecule has 0 spiro atoms. The van der Waals surface area contributed by atoms with Gasteiger partial charge in [-0.15, -0.1) is 0 Å². The Morgan fingerprint density at radius 1 is 1.30 bits per heavy atom. The molecule has 0 saturated heterocycles. The van der Waals surface area contributed by atoms with Gasteiger partial charge in [0.2, 0.25) is 0 Å². The number of aryl methyl sites for hydroxylation is 2. The molecule has 4 heteroatoms. The molecular formula is C16H18N4. The van der Waals surface area contributed by atoms with Gasteiger partial charge in [-0.05, 0) is 43.5 Å². The Bertz CT molecular complexity index is 646. The molecule has 0 unspecified atom stereocenters. The van der Waals surface area contributed by atoms with Crippen LogP contribution in [-0.2, 0) is 6.42 Å². The number of pyridine rings is 1. The highest BCUT2D eigenvalue weighted by atomic mass is 15.1. The van der Waals surface area contributed by atoms with Gasteiger partial charge in [0.05, 0.1) is 11.9 Å². The zero-order chi connectivity index (χ0) is 14.1. The quantitative estimate of drug-likeness (QED) is 0.649. The van der Waals surface area contributed by atoms with E-state index in [1.807, 2.05) is 6.07 Å². The summed E-state index contributed by atoms with van der Waals surface area (Å²) >= 11 is 0. The third-order valence-electron chi connectivity index (χ3n) is 3.69. The minimum Gasteiger partial charge on any atom is -0.382 e. The van der Waals surface area contributed by atoms with Gasteiger partial charge in [-0.1, -0.05) is 17.7 Å². The van der Waals surface area contributed by atoms with Crippen LogP contribution in [0.1, 0.15) is 23.2 Å². The Kier molecular flexibility index (Phi) is 3.14. The van der Waals surface area contributed by atoms with Gasteiger partial charge in [0.25, 0.3) is 0 Å². The van der Waals surface area contributed by atoms with Gasteiger partial charge in [0.15, 0.2) is 0 Å². The van der Waals surface area contributed by atoms with Crippen LogP contribution >= 0.6 is 0 Å². The maximum atomic E-state index is 7.39. The molecule has 3 rings (SSSR count). The van der Waals surface area contributed by atoms with Crippen molar-refractivity contribution >= 4 is 17.2 Å². The molecule has 1 aromatic carbocycles. The van der Waals surface area contributed by atoms with Gasteiger partial charge in [-0.3, -0.25) is 10.4 Å². The molecule has 0 aliphatic carbocycles. The fourth-order valence-electron chi connectivity index (χ4n) is 2.70. The average molecular weight is 266 g/mol. The number of nitrogens with one attached hydrogen (secondary N) is 1. The molecule has 0 fully saturated rings. The monoisotopic (exact) mass is 266 g/mol. The molecular weight excluding hydrogens is 248 g/mol. The Morgan fingerprint density at radius 2 is 2.15 bits per heavy atom. The number of nitrogens with zero attached hydrogens (tertiary/aromatic N) is 2. The third kappa shape index (κ3) is 2.25. The van der Waals surface area contributed by atoms with Crippen molar-refractivity contribution in [2.75, 3.05) is 11.4 Å². The van der Waals surface area contributed by atoms with Gasteiger partial charge >= 0.3 is 0 Å². The molecule has 102 valence electrons. The van der Waals surface area contributed by atoms with E-state index < -0.39 is 0 Å². The lowest BCUT2D eigenvalue weighted by molar-refractivity contribution is 0.765. The van der Waals surface area contributed by atoms with Crippen molar-refractivity contribution in [1.82, 2.24) is 4.98 Å². The zero-order valence-electron chi connectivity index (χ0n) is 11.6. The van der Waals surface area contributed by atoms with E-state index in [1.54, 1.807) is 12.3 Å². The predicted molar refractivity (Wildman–Crippen MR) is 81.8 cm³/mol. The van der Waals surface area contributed by atoms with Crippen molar-refractivity contribution in [2.45, 2.75) is 19.8 Å². The van der Waals surface area contributed by atoms with Gasteiger partial charge in [-0.25, -0.2) is 0 Å². The van der Waals surface area contributed by atoms with E-state index in [4.69, 9.17) is 11.1 Å². The van der Waals surface area contributed by atoms with E-state index in [0.29, 0.717) is 5.69 Å². The number of hydrogen-bond acceptors (Lipinski definition) is 3. The topological polar surface area (TPSA) is 66.0 Å². The minimum atomic E-state index is 0.00576. The molecule has 0 radical (unpaired) electrons. The molecule has 4 nitrogen and oxygen atoms in total. The molecule has 2 heterocycles. The van der Waals surface area contributed by atoms with Crippen molar-refractivity contribution in [3.8, 4) is 0 Å². The summed E-state index contributed by atoms with van der Waals surface area (Å²) in [4.78, 5) is 6.54. The second-order valence-corrected chi connectivity index (χ2v) is 5.20. The Labute approximate surface area is 118 Å². The van der Waals surface area contributed by atoms with Crippen LogP contribution in [0.4, 0.5) is 11.4 Å². The highest BCUT2D eigenvalue weighted by Crippen LogP contribution is 2.33. The lowest BCUT2D eigenvalue weighted by Gasteiger charge is -2.31. The van der Waals surface area contributed by atoms with Gasteiger partial charge in [0.1, 0.15) is 11.5 Å². The number of hydrogen-bond donors (Lipinski definition) is 2. The molecule has 1 aromatic heterocycles. The summed E-state index contributed by atoms with van der Waals surface area (Å²) in [7, 11) is 0. The number of nitrogens with two attached hydrogens (primary N) is 1. The van der Waals surface area contributed by atoms with E-state index in [-0.39, 0.29) is 5.84 Å². The van der Waals surface area contributed by atoms with Gasteiger partial charge in [0, 0.05) is 12.2 Å². The summed E-state index contributed by atoms with van der Waals surface area (Å²) in [5, 5.41) is 7.39. The van der Waals surface area contributed by atoms with Crippen LogP contribution in [0.5, 0.6) is 0 Å². The molecule has 3 N–H and O–H groups in total. The number of amidine groups is 1. The van der Waals surface area contributed by atoms with Gasteiger partial charge < -0.3 is 10.6 Å². The Balaban J connectivity index is 1.98. The summed E-state index contributed by atoms with van der Waals surface area (Å²) in [6, 6.07) is 10.4. The number of rotatable bonds is 2. The van der Waals surface area contributed by atoms with E-state index >= 15 is 0 Å². The molecule has 0 bridgehead atoms. The summed E-state index contributed by atoms with van der Waals surface area (Å²) in [6.07, 6.45) is 4.07. The molecule has 1 aliphatic rings. The molecule has 2 aromatic rings. The summed E-state index contributed by atoms with van der Waals surface area (Å²) in [5.41, 5.74) is 11.0. The molecule has 0 amide bonds. The van der Waals surface area contributed by atoms with Crippen molar-refractivity contribution in [1.29, 1.82) is 5.41 Å². The third-order valence-corrected chi connectivity index (χ3v) is 3.69. The zero-order valence-corrected chi connectivity index (χ0v) is 11.6. The number of fused-ring (bicyclic) bond motifs is 1. The first-order chi connectivity index (χ1) is 9.65. The van der Waals surface area contributed by atoms with Crippen LogP contribution in [0.25, 0.3) is 0 Å². The Hall–Kier alpha value is -2.36. The number of nitrogen functional groups attached to an aromatic ring is 1. The van der Waals surface area contributed by atoms with Crippen molar-refractivity contribution in [3.05, 3.63) is 53.3 Å². The standard InChI is InChI=1S/C16H18N4/c1-11-4-7-15-12(9-11)3-2-8-20(15)13-5-6-14(16(17)18)19-10-13/h4-7,9-10H,2-3,8H2,1H3,(H3,17,18). The van der Waals surface area contributed by atoms with Crippen LogP contribution in [0.2, 0.25) is 0 Å². The summed E-state index contributed by atoms with van der Waals surface area (Å²) in [5.74, 6) is 0.00576.